The highest BCUT2D eigenvalue weighted by Crippen LogP contribution is 2.41. The second kappa shape index (κ2) is 9.66. The second-order valence-electron chi connectivity index (χ2n) is 9.60. The van der Waals surface area contributed by atoms with Gasteiger partial charge in [-0.3, -0.25) is 0 Å². The zero-order chi connectivity index (χ0) is 23.5. The summed E-state index contributed by atoms with van der Waals surface area (Å²) in [4.78, 5) is 25.7. The largest absolute Gasteiger partial charge is 0.466 e. The molecule has 30 heavy (non-hydrogen) atoms. The number of ether oxygens (including phenoxy) is 2. The molecule has 0 aliphatic heterocycles. The van der Waals surface area contributed by atoms with Crippen molar-refractivity contribution in [2.45, 2.75) is 71.3 Å². The highest BCUT2D eigenvalue weighted by atomic mass is 79.9. The Balaban J connectivity index is 3.66. The van der Waals surface area contributed by atoms with E-state index < -0.39 is 32.0 Å². The van der Waals surface area contributed by atoms with Crippen molar-refractivity contribution in [2.24, 2.45) is 0 Å². The van der Waals surface area contributed by atoms with Crippen LogP contribution in [0.4, 0.5) is 4.79 Å². The molecule has 168 valence electrons. The number of carbonyl (C=O) groups excluding carboxylic acids is 2. The molecule has 0 bridgehead atoms. The van der Waals surface area contributed by atoms with Crippen LogP contribution in [-0.2, 0) is 18.8 Å². The third kappa shape index (κ3) is 6.68. The normalized spacial score (nSPS) is 13.4. The Kier molecular flexibility index (Phi) is 8.50. The van der Waals surface area contributed by atoms with Crippen LogP contribution >= 0.6 is 15.9 Å². The number of hydrogen-bond acceptors (Lipinski definition) is 5. The number of amides is 1. The van der Waals surface area contributed by atoms with Gasteiger partial charge in [0.1, 0.15) is 11.6 Å². The van der Waals surface area contributed by atoms with Crippen molar-refractivity contribution in [3.05, 3.63) is 46.5 Å². The molecule has 0 heterocycles. The molecule has 0 fully saturated rings. The maximum atomic E-state index is 13.3. The summed E-state index contributed by atoms with van der Waals surface area (Å²) in [6.07, 6.45) is -0.696. The lowest BCUT2D eigenvalue weighted by molar-refractivity contribution is -0.140. The van der Waals surface area contributed by atoms with Gasteiger partial charge < -0.3 is 14.0 Å². The smallest absolute Gasteiger partial charge is 0.434 e. The Bertz CT molecular complexity index is 795. The van der Waals surface area contributed by atoms with Crippen LogP contribution in [0, 0.1) is 0 Å². The van der Waals surface area contributed by atoms with Crippen molar-refractivity contribution in [2.75, 3.05) is 7.11 Å². The van der Waals surface area contributed by atoms with Gasteiger partial charge in [-0.05, 0) is 50.5 Å². The van der Waals surface area contributed by atoms with Crippen LogP contribution in [0.25, 0.3) is 0 Å². The van der Waals surface area contributed by atoms with E-state index in [-0.39, 0.29) is 10.6 Å². The average Bonchev–Trinajstić information content (AvgIpc) is 2.59. The van der Waals surface area contributed by atoms with Crippen LogP contribution in [0.5, 0.6) is 0 Å². The number of nitrogens with zero attached hydrogens (tertiary/aromatic N) is 1. The molecule has 0 aliphatic rings. The molecule has 1 atom stereocenters. The molecular weight excluding hydrogens is 466 g/mol. The Hall–Kier alpha value is -1.64. The number of hydrogen-bond donors (Lipinski definition) is 0. The molecule has 1 aromatic rings. The van der Waals surface area contributed by atoms with Gasteiger partial charge in [-0.1, -0.05) is 61.5 Å². The van der Waals surface area contributed by atoms with Crippen molar-refractivity contribution >= 4 is 36.3 Å². The molecule has 0 N–H and O–H groups in total. The second-order valence-corrected chi connectivity index (χ2v) is 15.2. The average molecular weight is 501 g/mol. The van der Waals surface area contributed by atoms with Gasteiger partial charge in [-0.15, -0.1) is 0 Å². The monoisotopic (exact) mass is 499 g/mol. The van der Waals surface area contributed by atoms with E-state index in [1.54, 1.807) is 26.8 Å². The Morgan fingerprint density at radius 2 is 1.63 bits per heavy atom. The fraction of sp³-hybridized carbons (Fsp3) is 0.545. The quantitative estimate of drug-likeness (QED) is 0.196. The van der Waals surface area contributed by atoms with E-state index in [0.717, 1.165) is 5.06 Å². The van der Waals surface area contributed by atoms with Gasteiger partial charge >= 0.3 is 12.1 Å². The lowest BCUT2D eigenvalue weighted by Crippen LogP contribution is -2.51. The number of carbonyl (C=O) groups is 2. The molecule has 0 unspecified atom stereocenters. The molecule has 1 amide bonds. The van der Waals surface area contributed by atoms with Crippen LogP contribution in [0.1, 0.15) is 53.1 Å². The summed E-state index contributed by atoms with van der Waals surface area (Å²) in [5.41, 5.74) is -0.0524. The van der Waals surface area contributed by atoms with Crippen LogP contribution < -0.4 is 0 Å². The third-order valence-corrected chi connectivity index (χ3v) is 9.91. The Morgan fingerprint density at radius 1 is 1.10 bits per heavy atom. The lowest BCUT2D eigenvalue weighted by atomic mass is 9.99. The van der Waals surface area contributed by atoms with Crippen LogP contribution in [0.15, 0.2) is 40.9 Å². The Labute approximate surface area is 189 Å². The Morgan fingerprint density at radius 3 is 2.07 bits per heavy atom. The number of hydroxylamine groups is 2. The summed E-state index contributed by atoms with van der Waals surface area (Å²) in [5.74, 6) is -0.636. The predicted molar refractivity (Wildman–Crippen MR) is 124 cm³/mol. The predicted octanol–water partition coefficient (Wildman–Crippen LogP) is 6.39. The number of rotatable bonds is 6. The zero-order valence-electron chi connectivity index (χ0n) is 19.5. The molecular formula is C22H34BrNO5Si. The first kappa shape index (κ1) is 26.4. The van der Waals surface area contributed by atoms with Crippen LogP contribution in [0.3, 0.4) is 0 Å². The number of methoxy groups -OCH3 is 1. The molecule has 6 nitrogen and oxygen atoms in total. The fourth-order valence-corrected chi connectivity index (χ4v) is 3.73. The third-order valence-electron chi connectivity index (χ3n) is 4.92. The number of halogens is 1. The van der Waals surface area contributed by atoms with Gasteiger partial charge in [-0.2, -0.15) is 5.06 Å². The zero-order valence-corrected chi connectivity index (χ0v) is 22.0. The van der Waals surface area contributed by atoms with E-state index in [2.05, 4.69) is 43.3 Å². The lowest BCUT2D eigenvalue weighted by Gasteiger charge is -2.42. The summed E-state index contributed by atoms with van der Waals surface area (Å²) in [5, 5.41) is 0.959. The summed E-state index contributed by atoms with van der Waals surface area (Å²) in [7, 11) is -1.22. The summed E-state index contributed by atoms with van der Waals surface area (Å²) < 4.78 is 17.7. The number of esters is 1. The molecule has 0 saturated heterocycles. The highest BCUT2D eigenvalue weighted by Gasteiger charge is 2.45. The van der Waals surface area contributed by atoms with Crippen molar-refractivity contribution < 1.29 is 23.6 Å². The van der Waals surface area contributed by atoms with Gasteiger partial charge in [0, 0.05) is 4.47 Å². The van der Waals surface area contributed by atoms with E-state index in [1.807, 2.05) is 31.3 Å². The first-order valence-electron chi connectivity index (χ1n) is 9.74. The summed E-state index contributed by atoms with van der Waals surface area (Å²) in [6, 6.07) is 6.36. The minimum atomic E-state index is -2.49. The van der Waals surface area contributed by atoms with E-state index in [1.165, 1.54) is 7.11 Å². The van der Waals surface area contributed by atoms with E-state index >= 15 is 0 Å². The first-order chi connectivity index (χ1) is 13.5. The molecule has 0 aromatic heterocycles. The number of benzene rings is 1. The van der Waals surface area contributed by atoms with Crippen molar-refractivity contribution in [3.8, 4) is 0 Å². The molecule has 0 aliphatic carbocycles. The topological polar surface area (TPSA) is 65.1 Å². The van der Waals surface area contributed by atoms with Gasteiger partial charge in [0.25, 0.3) is 0 Å². The summed E-state index contributed by atoms with van der Waals surface area (Å²) >= 11 is 3.52. The van der Waals surface area contributed by atoms with Gasteiger partial charge in [0.15, 0.2) is 0 Å². The molecule has 0 saturated carbocycles. The van der Waals surface area contributed by atoms with Crippen molar-refractivity contribution in [1.82, 2.24) is 5.06 Å². The van der Waals surface area contributed by atoms with E-state index in [9.17, 15) is 9.59 Å². The minimum absolute atomic E-state index is 0.0639. The maximum absolute atomic E-state index is 13.3. The van der Waals surface area contributed by atoms with Gasteiger partial charge in [-0.25, -0.2) is 9.59 Å². The van der Waals surface area contributed by atoms with Crippen LogP contribution in [-0.4, -0.2) is 38.2 Å². The van der Waals surface area contributed by atoms with Crippen molar-refractivity contribution in [1.29, 1.82) is 0 Å². The molecule has 0 radical (unpaired) electrons. The van der Waals surface area contributed by atoms with Gasteiger partial charge in [0.2, 0.25) is 8.32 Å². The van der Waals surface area contributed by atoms with E-state index in [4.69, 9.17) is 14.0 Å². The molecule has 1 rings (SSSR count). The first-order valence-corrected chi connectivity index (χ1v) is 13.4. The highest BCUT2D eigenvalue weighted by molar-refractivity contribution is 9.10. The maximum Gasteiger partial charge on any atom is 0.434 e. The van der Waals surface area contributed by atoms with E-state index in [0.29, 0.717) is 10.0 Å². The minimum Gasteiger partial charge on any atom is -0.466 e. The molecule has 0 spiro atoms. The van der Waals surface area contributed by atoms with Gasteiger partial charge in [0.05, 0.1) is 12.7 Å². The SMILES string of the molecule is C=C(C(=O)OC)[C@H](c1ccccc1Br)N(O[Si](C)(C)C(C)(C)C)C(=O)OC(C)(C)C. The standard InChI is InChI=1S/C22H34BrNO5Si/c1-15(19(25)27-8)18(16-13-11-12-14-17(16)23)24(20(26)28-21(2,3)4)29-30(9,10)22(5,6)7/h11-14,18H,1H2,2-10H3/t18-/m1/s1. The molecule has 8 heteroatoms. The fourth-order valence-electron chi connectivity index (χ4n) is 2.28. The van der Waals surface area contributed by atoms with Crippen LogP contribution in [0.2, 0.25) is 18.1 Å². The molecule has 1 aromatic carbocycles. The van der Waals surface area contributed by atoms with Crippen molar-refractivity contribution in [3.63, 3.8) is 0 Å². The summed E-state index contributed by atoms with van der Waals surface area (Å²) in [6.45, 7) is 19.5.